The number of hydrogen-bond acceptors (Lipinski definition) is 7. The topological polar surface area (TPSA) is 124 Å². The number of anilines is 1. The monoisotopic (exact) mass is 739 g/mol. The fourth-order valence-electron chi connectivity index (χ4n) is 3.73. The highest BCUT2D eigenvalue weighted by atomic mass is 127. The number of non-ortho nitro benzene ring substituents is 1. The van der Waals surface area contributed by atoms with Crippen LogP contribution in [-0.4, -0.2) is 17.9 Å². The summed E-state index contributed by atoms with van der Waals surface area (Å²) in [5, 5.41) is 23.3. The van der Waals surface area contributed by atoms with Gasteiger partial charge < -0.3 is 19.5 Å². The predicted molar refractivity (Wildman–Crippen MR) is 170 cm³/mol. The Bertz CT molecular complexity index is 1650. The second-order valence-electron chi connectivity index (χ2n) is 8.81. The molecule has 1 amide bonds. The van der Waals surface area contributed by atoms with Crippen molar-refractivity contribution >= 4 is 61.9 Å². The number of hydrogen-bond donors (Lipinski definition) is 1. The Morgan fingerprint density at radius 1 is 1.00 bits per heavy atom. The van der Waals surface area contributed by atoms with Crippen molar-refractivity contribution in [3.8, 4) is 23.3 Å². The molecule has 4 rings (SSSR count). The van der Waals surface area contributed by atoms with E-state index in [1.54, 1.807) is 48.5 Å². The number of nitrogens with one attached hydrogen (secondary N) is 1. The van der Waals surface area contributed by atoms with Gasteiger partial charge in [0.25, 0.3) is 11.6 Å². The maximum atomic E-state index is 12.9. The quantitative estimate of drug-likeness (QED) is 0.0551. The predicted octanol–water partition coefficient (Wildman–Crippen LogP) is 7.67. The van der Waals surface area contributed by atoms with Crippen LogP contribution in [0.1, 0.15) is 16.7 Å². The SMILES string of the molecule is COc1cc(/C=C(\C#N)C(=O)Nc2ccc(OCc3ccc(Br)cc3)cc2)cc(I)c1OCc1ccc([N+](=O)[O-])cc1. The van der Waals surface area contributed by atoms with Gasteiger partial charge in [-0.05, 0) is 106 Å². The van der Waals surface area contributed by atoms with E-state index in [0.717, 1.165) is 15.6 Å². The number of nitro groups is 1. The van der Waals surface area contributed by atoms with E-state index in [2.05, 4.69) is 43.8 Å². The molecular weight excluding hydrogens is 717 g/mol. The Labute approximate surface area is 264 Å². The van der Waals surface area contributed by atoms with E-state index in [1.807, 2.05) is 30.3 Å². The molecule has 0 radical (unpaired) electrons. The molecule has 42 heavy (non-hydrogen) atoms. The summed E-state index contributed by atoms with van der Waals surface area (Å²) in [4.78, 5) is 23.3. The number of nitriles is 1. The third-order valence-electron chi connectivity index (χ3n) is 5.89. The molecule has 0 spiro atoms. The molecule has 0 heterocycles. The van der Waals surface area contributed by atoms with Crippen LogP contribution in [0.25, 0.3) is 6.08 Å². The molecule has 0 bridgehead atoms. The zero-order valence-corrected chi connectivity index (χ0v) is 25.9. The van der Waals surface area contributed by atoms with Gasteiger partial charge in [0, 0.05) is 22.3 Å². The number of nitro benzene ring substituents is 1. The highest BCUT2D eigenvalue weighted by molar-refractivity contribution is 14.1. The minimum Gasteiger partial charge on any atom is -0.493 e. The van der Waals surface area contributed by atoms with Crippen molar-refractivity contribution in [1.29, 1.82) is 5.26 Å². The van der Waals surface area contributed by atoms with Crippen molar-refractivity contribution in [2.45, 2.75) is 13.2 Å². The highest BCUT2D eigenvalue weighted by Crippen LogP contribution is 2.35. The fourth-order valence-corrected chi connectivity index (χ4v) is 4.77. The first-order valence-corrected chi connectivity index (χ1v) is 14.3. The minimum atomic E-state index is -0.562. The summed E-state index contributed by atoms with van der Waals surface area (Å²) in [7, 11) is 1.49. The summed E-state index contributed by atoms with van der Waals surface area (Å²) in [6.07, 6.45) is 1.47. The number of ether oxygens (including phenoxy) is 3. The molecule has 0 aliphatic carbocycles. The number of carbonyl (C=O) groups is 1. The normalized spacial score (nSPS) is 10.9. The second-order valence-corrected chi connectivity index (χ2v) is 10.9. The van der Waals surface area contributed by atoms with Crippen molar-refractivity contribution in [2.24, 2.45) is 0 Å². The maximum absolute atomic E-state index is 12.9. The average molecular weight is 740 g/mol. The number of benzene rings is 4. The van der Waals surface area contributed by atoms with Gasteiger partial charge in [-0.2, -0.15) is 5.26 Å². The van der Waals surface area contributed by atoms with E-state index in [9.17, 15) is 20.2 Å². The lowest BCUT2D eigenvalue weighted by molar-refractivity contribution is -0.384. The second kappa shape index (κ2) is 14.5. The Morgan fingerprint density at radius 2 is 1.62 bits per heavy atom. The first kappa shape index (κ1) is 30.5. The summed E-state index contributed by atoms with van der Waals surface area (Å²) >= 11 is 5.49. The van der Waals surface area contributed by atoms with Crippen LogP contribution in [0.3, 0.4) is 0 Å². The molecule has 0 fully saturated rings. The van der Waals surface area contributed by atoms with Gasteiger partial charge in [-0.25, -0.2) is 0 Å². The minimum absolute atomic E-state index is 0.00185. The van der Waals surface area contributed by atoms with Crippen LogP contribution in [0.4, 0.5) is 11.4 Å². The molecule has 4 aromatic carbocycles. The average Bonchev–Trinajstić information content (AvgIpc) is 2.99. The summed E-state index contributed by atoms with van der Waals surface area (Å²) < 4.78 is 18.9. The number of carbonyl (C=O) groups excluding carboxylic acids is 1. The molecule has 4 aromatic rings. The summed E-state index contributed by atoms with van der Waals surface area (Å²) in [6.45, 7) is 0.572. The number of halogens is 2. The molecule has 0 aliphatic heterocycles. The van der Waals surface area contributed by atoms with Crippen LogP contribution in [-0.2, 0) is 18.0 Å². The lowest BCUT2D eigenvalue weighted by Crippen LogP contribution is -2.13. The first-order valence-electron chi connectivity index (χ1n) is 12.4. The fraction of sp³-hybridized carbons (Fsp3) is 0.0968. The molecule has 9 nitrogen and oxygen atoms in total. The Hall–Kier alpha value is -4.41. The van der Waals surface area contributed by atoms with E-state index in [-0.39, 0.29) is 17.9 Å². The number of rotatable bonds is 11. The Balaban J connectivity index is 1.40. The number of amides is 1. The Kier molecular flexibility index (Phi) is 10.5. The van der Waals surface area contributed by atoms with Gasteiger partial charge in [0.2, 0.25) is 0 Å². The third-order valence-corrected chi connectivity index (χ3v) is 7.22. The number of methoxy groups -OCH3 is 1. The van der Waals surface area contributed by atoms with Gasteiger partial charge >= 0.3 is 0 Å². The van der Waals surface area contributed by atoms with E-state index >= 15 is 0 Å². The van der Waals surface area contributed by atoms with Crippen molar-refractivity contribution in [1.82, 2.24) is 0 Å². The van der Waals surface area contributed by atoms with Crippen LogP contribution in [0.5, 0.6) is 17.2 Å². The van der Waals surface area contributed by atoms with Gasteiger partial charge in [-0.15, -0.1) is 0 Å². The van der Waals surface area contributed by atoms with Gasteiger partial charge in [-0.3, -0.25) is 14.9 Å². The lowest BCUT2D eigenvalue weighted by atomic mass is 10.1. The van der Waals surface area contributed by atoms with Crippen LogP contribution in [0, 0.1) is 25.0 Å². The Morgan fingerprint density at radius 3 is 2.21 bits per heavy atom. The van der Waals surface area contributed by atoms with Gasteiger partial charge in [0.15, 0.2) is 11.5 Å². The molecule has 0 aromatic heterocycles. The van der Waals surface area contributed by atoms with E-state index < -0.39 is 10.8 Å². The summed E-state index contributed by atoms with van der Waals surface area (Å²) in [6, 6.07) is 26.2. The van der Waals surface area contributed by atoms with Gasteiger partial charge in [-0.1, -0.05) is 28.1 Å². The van der Waals surface area contributed by atoms with Crippen molar-refractivity contribution in [3.63, 3.8) is 0 Å². The molecular formula is C31H23BrIN3O6. The largest absolute Gasteiger partial charge is 0.493 e. The molecule has 0 saturated carbocycles. The zero-order valence-electron chi connectivity index (χ0n) is 22.2. The maximum Gasteiger partial charge on any atom is 0.269 e. The van der Waals surface area contributed by atoms with Crippen LogP contribution in [0.2, 0.25) is 0 Å². The zero-order chi connectivity index (χ0) is 30.1. The van der Waals surface area contributed by atoms with Crippen LogP contribution < -0.4 is 19.5 Å². The molecule has 0 saturated heterocycles. The highest BCUT2D eigenvalue weighted by Gasteiger charge is 2.15. The first-order chi connectivity index (χ1) is 20.2. The van der Waals surface area contributed by atoms with E-state index in [4.69, 9.17) is 14.2 Å². The number of nitrogens with zero attached hydrogens (tertiary/aromatic N) is 2. The van der Waals surface area contributed by atoms with Crippen molar-refractivity contribution < 1.29 is 23.9 Å². The molecule has 212 valence electrons. The van der Waals surface area contributed by atoms with Crippen LogP contribution in [0.15, 0.2) is 95.0 Å². The third kappa shape index (κ3) is 8.31. The molecule has 0 atom stereocenters. The smallest absolute Gasteiger partial charge is 0.269 e. The standard InChI is InChI=1S/C31H23BrIN3O6/c1-40-29-16-22(15-28(33)30(29)42-19-21-4-10-26(11-5-21)36(38)39)14-23(17-34)31(37)35-25-8-12-27(13-9-25)41-18-20-2-6-24(32)7-3-20/h2-16H,18-19H2,1H3,(H,35,37)/b23-14+. The summed E-state index contributed by atoms with van der Waals surface area (Å²) in [5.41, 5.74) is 2.76. The van der Waals surface area contributed by atoms with Crippen molar-refractivity contribution in [3.05, 3.63) is 125 Å². The van der Waals surface area contributed by atoms with Crippen LogP contribution >= 0.6 is 38.5 Å². The van der Waals surface area contributed by atoms with E-state index in [0.29, 0.717) is 38.7 Å². The molecule has 0 unspecified atom stereocenters. The molecule has 11 heteroatoms. The van der Waals surface area contributed by atoms with Crippen molar-refractivity contribution in [2.75, 3.05) is 12.4 Å². The van der Waals surface area contributed by atoms with Gasteiger partial charge in [0.05, 0.1) is 15.6 Å². The molecule has 0 aliphatic rings. The lowest BCUT2D eigenvalue weighted by Gasteiger charge is -2.14. The molecule has 1 N–H and O–H groups in total. The summed E-state index contributed by atoms with van der Waals surface area (Å²) in [5.74, 6) is 0.962. The van der Waals surface area contributed by atoms with E-state index in [1.165, 1.54) is 25.3 Å². The van der Waals surface area contributed by atoms with Gasteiger partial charge in [0.1, 0.15) is 30.6 Å².